The molecule has 1 heterocycles. The summed E-state index contributed by atoms with van der Waals surface area (Å²) in [6, 6.07) is 15.4. The molecule has 0 aromatic heterocycles. The van der Waals surface area contributed by atoms with Gasteiger partial charge >= 0.3 is 0 Å². The first-order valence-corrected chi connectivity index (χ1v) is 9.45. The molecule has 1 saturated heterocycles. The average Bonchev–Trinajstić information content (AvgIpc) is 2.91. The van der Waals surface area contributed by atoms with Gasteiger partial charge < -0.3 is 9.47 Å². The van der Waals surface area contributed by atoms with E-state index < -0.39 is 0 Å². The normalized spacial score (nSPS) is 15.6. The summed E-state index contributed by atoms with van der Waals surface area (Å²) in [6.45, 7) is 2.97. The van der Waals surface area contributed by atoms with Crippen LogP contribution in [0.3, 0.4) is 0 Å². The number of benzene rings is 2. The van der Waals surface area contributed by atoms with Crippen LogP contribution in [0.2, 0.25) is 0 Å². The van der Waals surface area contributed by atoms with Crippen molar-refractivity contribution in [1.82, 2.24) is 4.90 Å². The van der Waals surface area contributed by atoms with Crippen molar-refractivity contribution in [2.45, 2.75) is 13.5 Å². The van der Waals surface area contributed by atoms with Crippen molar-refractivity contribution in [3.63, 3.8) is 0 Å². The SMILES string of the molecule is CCOc1ccc(/C=C2/SC(=S)N(Cc3ccccc3)C2=O)cc1OC. The Morgan fingerprint density at radius 3 is 2.62 bits per heavy atom. The molecule has 1 aliphatic rings. The van der Waals surface area contributed by atoms with Crippen molar-refractivity contribution in [3.05, 3.63) is 64.6 Å². The van der Waals surface area contributed by atoms with Crippen LogP contribution in [0.5, 0.6) is 11.5 Å². The Morgan fingerprint density at radius 2 is 1.92 bits per heavy atom. The van der Waals surface area contributed by atoms with E-state index in [1.807, 2.05) is 61.5 Å². The van der Waals surface area contributed by atoms with Gasteiger partial charge in [-0.05, 0) is 36.3 Å². The van der Waals surface area contributed by atoms with Crippen LogP contribution >= 0.6 is 24.0 Å². The number of methoxy groups -OCH3 is 1. The summed E-state index contributed by atoms with van der Waals surface area (Å²) in [6.07, 6.45) is 1.84. The highest BCUT2D eigenvalue weighted by Crippen LogP contribution is 2.35. The number of thiocarbonyl (C=S) groups is 1. The topological polar surface area (TPSA) is 38.8 Å². The van der Waals surface area contributed by atoms with Gasteiger partial charge in [0.25, 0.3) is 5.91 Å². The second-order valence-electron chi connectivity index (χ2n) is 5.60. The van der Waals surface area contributed by atoms with Gasteiger partial charge in [0.05, 0.1) is 25.2 Å². The fourth-order valence-electron chi connectivity index (χ4n) is 2.60. The van der Waals surface area contributed by atoms with Crippen molar-refractivity contribution >= 4 is 40.3 Å². The summed E-state index contributed by atoms with van der Waals surface area (Å²) >= 11 is 6.72. The molecule has 2 aromatic carbocycles. The number of thioether (sulfide) groups is 1. The minimum Gasteiger partial charge on any atom is -0.493 e. The third-order valence-corrected chi connectivity index (χ3v) is 5.22. The lowest BCUT2D eigenvalue weighted by Gasteiger charge is -2.14. The Labute approximate surface area is 162 Å². The summed E-state index contributed by atoms with van der Waals surface area (Å²) in [4.78, 5) is 15.0. The minimum absolute atomic E-state index is 0.0725. The van der Waals surface area contributed by atoms with Gasteiger partial charge in [-0.15, -0.1) is 0 Å². The zero-order valence-electron chi connectivity index (χ0n) is 14.6. The molecule has 134 valence electrons. The first kappa shape index (κ1) is 18.5. The molecule has 0 unspecified atom stereocenters. The van der Waals surface area contributed by atoms with Crippen LogP contribution in [0.25, 0.3) is 6.08 Å². The molecule has 1 amide bonds. The van der Waals surface area contributed by atoms with Gasteiger partial charge in [0.15, 0.2) is 11.5 Å². The number of hydrogen-bond acceptors (Lipinski definition) is 5. The maximum Gasteiger partial charge on any atom is 0.266 e. The molecule has 0 N–H and O–H groups in total. The third-order valence-electron chi connectivity index (χ3n) is 3.84. The first-order chi connectivity index (χ1) is 12.6. The molecular formula is C20H19NO3S2. The summed E-state index contributed by atoms with van der Waals surface area (Å²) in [5.41, 5.74) is 1.92. The molecular weight excluding hydrogens is 366 g/mol. The van der Waals surface area contributed by atoms with Crippen molar-refractivity contribution in [2.75, 3.05) is 13.7 Å². The number of carbonyl (C=O) groups is 1. The second-order valence-corrected chi connectivity index (χ2v) is 7.27. The zero-order valence-corrected chi connectivity index (χ0v) is 16.2. The number of amides is 1. The molecule has 1 aliphatic heterocycles. The molecule has 4 nitrogen and oxygen atoms in total. The number of hydrogen-bond donors (Lipinski definition) is 0. The van der Waals surface area contributed by atoms with E-state index in [1.165, 1.54) is 11.8 Å². The highest BCUT2D eigenvalue weighted by Gasteiger charge is 2.31. The van der Waals surface area contributed by atoms with E-state index in [9.17, 15) is 4.79 Å². The summed E-state index contributed by atoms with van der Waals surface area (Å²) in [5, 5.41) is 0. The maximum absolute atomic E-state index is 12.7. The number of carbonyl (C=O) groups excluding carboxylic acids is 1. The van der Waals surface area contributed by atoms with Crippen molar-refractivity contribution < 1.29 is 14.3 Å². The molecule has 2 aromatic rings. The summed E-state index contributed by atoms with van der Waals surface area (Å²) in [7, 11) is 1.60. The summed E-state index contributed by atoms with van der Waals surface area (Å²) < 4.78 is 11.5. The van der Waals surface area contributed by atoms with Gasteiger partial charge in [0.1, 0.15) is 4.32 Å². The predicted molar refractivity (Wildman–Crippen MR) is 109 cm³/mol. The fraction of sp³-hybridized carbons (Fsp3) is 0.200. The van der Waals surface area contributed by atoms with Crippen LogP contribution in [0.1, 0.15) is 18.1 Å². The van der Waals surface area contributed by atoms with Gasteiger partial charge in [-0.2, -0.15) is 0 Å². The Bertz CT molecular complexity index is 849. The largest absolute Gasteiger partial charge is 0.493 e. The van der Waals surface area contributed by atoms with E-state index in [2.05, 4.69) is 0 Å². The van der Waals surface area contributed by atoms with Gasteiger partial charge in [0.2, 0.25) is 0 Å². The van der Waals surface area contributed by atoms with Gasteiger partial charge in [0, 0.05) is 0 Å². The Morgan fingerprint density at radius 1 is 1.15 bits per heavy atom. The molecule has 3 rings (SSSR count). The summed E-state index contributed by atoms with van der Waals surface area (Å²) in [5.74, 6) is 1.25. The van der Waals surface area contributed by atoms with Gasteiger partial charge in [-0.3, -0.25) is 9.69 Å². The monoisotopic (exact) mass is 385 g/mol. The molecule has 26 heavy (non-hydrogen) atoms. The highest BCUT2D eigenvalue weighted by atomic mass is 32.2. The molecule has 6 heteroatoms. The van der Waals surface area contributed by atoms with E-state index in [0.717, 1.165) is 11.1 Å². The standard InChI is InChI=1S/C20H19NO3S2/c1-3-24-16-10-9-15(11-17(16)23-2)12-18-19(22)21(20(25)26-18)13-14-7-5-4-6-8-14/h4-12H,3,13H2,1-2H3/b18-12+. The van der Waals surface area contributed by atoms with E-state index in [1.54, 1.807) is 12.0 Å². The predicted octanol–water partition coefficient (Wildman–Crippen LogP) is 4.50. The average molecular weight is 386 g/mol. The van der Waals surface area contributed by atoms with Crippen LogP contribution in [0, 0.1) is 0 Å². The van der Waals surface area contributed by atoms with Crippen LogP contribution in [0.4, 0.5) is 0 Å². The first-order valence-electron chi connectivity index (χ1n) is 8.22. The van der Waals surface area contributed by atoms with Crippen LogP contribution in [-0.2, 0) is 11.3 Å². The van der Waals surface area contributed by atoms with Crippen molar-refractivity contribution in [3.8, 4) is 11.5 Å². The molecule has 1 fully saturated rings. The van der Waals surface area contributed by atoms with Crippen LogP contribution in [-0.4, -0.2) is 28.8 Å². The quantitative estimate of drug-likeness (QED) is 0.541. The lowest BCUT2D eigenvalue weighted by molar-refractivity contribution is -0.122. The smallest absolute Gasteiger partial charge is 0.266 e. The fourth-order valence-corrected chi connectivity index (χ4v) is 3.86. The lowest BCUT2D eigenvalue weighted by atomic mass is 10.1. The van der Waals surface area contributed by atoms with E-state index in [4.69, 9.17) is 21.7 Å². The van der Waals surface area contributed by atoms with E-state index in [-0.39, 0.29) is 5.91 Å². The zero-order chi connectivity index (χ0) is 18.5. The second kappa shape index (κ2) is 8.38. The molecule has 0 radical (unpaired) electrons. The Kier molecular flexibility index (Phi) is 5.96. The molecule has 0 bridgehead atoms. The van der Waals surface area contributed by atoms with Crippen LogP contribution < -0.4 is 9.47 Å². The Balaban J connectivity index is 1.81. The third kappa shape index (κ3) is 4.08. The number of rotatable bonds is 6. The van der Waals surface area contributed by atoms with E-state index >= 15 is 0 Å². The molecule has 0 saturated carbocycles. The van der Waals surface area contributed by atoms with Gasteiger partial charge in [-0.25, -0.2) is 0 Å². The molecule has 0 spiro atoms. The van der Waals surface area contributed by atoms with Crippen molar-refractivity contribution in [2.24, 2.45) is 0 Å². The maximum atomic E-state index is 12.7. The number of nitrogens with zero attached hydrogens (tertiary/aromatic N) is 1. The minimum atomic E-state index is -0.0725. The Hall–Kier alpha value is -2.31. The molecule has 0 atom stereocenters. The van der Waals surface area contributed by atoms with Crippen molar-refractivity contribution in [1.29, 1.82) is 0 Å². The van der Waals surface area contributed by atoms with Gasteiger partial charge in [-0.1, -0.05) is 60.4 Å². The number of ether oxygens (including phenoxy) is 2. The molecule has 0 aliphatic carbocycles. The van der Waals surface area contributed by atoms with Crippen LogP contribution in [0.15, 0.2) is 53.4 Å². The lowest BCUT2D eigenvalue weighted by Crippen LogP contribution is -2.27. The highest BCUT2D eigenvalue weighted by molar-refractivity contribution is 8.26. The van der Waals surface area contributed by atoms with E-state index in [0.29, 0.717) is 33.9 Å².